The molecule has 0 bridgehead atoms. The van der Waals surface area contributed by atoms with Gasteiger partial charge in [-0.3, -0.25) is 0 Å². The van der Waals surface area contributed by atoms with Crippen molar-refractivity contribution in [2.75, 3.05) is 13.2 Å². The van der Waals surface area contributed by atoms with Crippen LogP contribution in [0.5, 0.6) is 0 Å². The summed E-state index contributed by atoms with van der Waals surface area (Å²) >= 11 is 0. The van der Waals surface area contributed by atoms with Crippen molar-refractivity contribution in [1.29, 1.82) is 0 Å². The van der Waals surface area contributed by atoms with E-state index < -0.39 is 5.79 Å². The Morgan fingerprint density at radius 2 is 1.85 bits per heavy atom. The van der Waals surface area contributed by atoms with Gasteiger partial charge >= 0.3 is 5.97 Å². The van der Waals surface area contributed by atoms with Gasteiger partial charge < -0.3 is 19.0 Å². The molecule has 140 valence electrons. The summed E-state index contributed by atoms with van der Waals surface area (Å²) < 4.78 is 17.9. The van der Waals surface area contributed by atoms with Gasteiger partial charge in [-0.25, -0.2) is 4.79 Å². The molecular weight excluding hydrogens is 332 g/mol. The van der Waals surface area contributed by atoms with E-state index in [0.717, 1.165) is 12.7 Å². The third-order valence-electron chi connectivity index (χ3n) is 6.06. The highest BCUT2D eigenvalue weighted by Gasteiger charge is 2.58. The van der Waals surface area contributed by atoms with Crippen molar-refractivity contribution in [3.05, 3.63) is 35.9 Å². The summed E-state index contributed by atoms with van der Waals surface area (Å²) in [6.45, 7) is 5.60. The van der Waals surface area contributed by atoms with E-state index in [1.807, 2.05) is 6.07 Å². The summed E-state index contributed by atoms with van der Waals surface area (Å²) in [6.07, 6.45) is 2.78. The molecule has 1 aromatic carbocycles. The van der Waals surface area contributed by atoms with Gasteiger partial charge in [0.1, 0.15) is 12.4 Å². The summed E-state index contributed by atoms with van der Waals surface area (Å²) in [7, 11) is 0. The van der Waals surface area contributed by atoms with E-state index in [1.54, 1.807) is 24.3 Å². The van der Waals surface area contributed by atoms with Crippen LogP contribution in [0.25, 0.3) is 0 Å². The molecule has 1 heterocycles. The summed E-state index contributed by atoms with van der Waals surface area (Å²) in [6, 6.07) is 8.93. The van der Waals surface area contributed by atoms with E-state index in [1.165, 1.54) is 0 Å². The number of aldehydes is 1. The minimum absolute atomic E-state index is 0.0285. The first-order chi connectivity index (χ1) is 12.4. The van der Waals surface area contributed by atoms with Crippen LogP contribution in [0.4, 0.5) is 0 Å². The highest BCUT2D eigenvalue weighted by Crippen LogP contribution is 2.55. The molecule has 0 N–H and O–H groups in total. The molecule has 0 amide bonds. The first kappa shape index (κ1) is 17.7. The molecule has 0 radical (unpaired) electrons. The first-order valence-electron chi connectivity index (χ1n) is 9.41. The lowest BCUT2D eigenvalue weighted by Crippen LogP contribution is -2.46. The van der Waals surface area contributed by atoms with Gasteiger partial charge in [-0.05, 0) is 30.4 Å². The van der Waals surface area contributed by atoms with Gasteiger partial charge in [0.05, 0.1) is 24.7 Å². The second kappa shape index (κ2) is 6.46. The average Bonchev–Trinajstić information content (AvgIpc) is 3.12. The molecule has 2 saturated carbocycles. The Balaban J connectivity index is 1.42. The van der Waals surface area contributed by atoms with Crippen molar-refractivity contribution in [3.8, 4) is 0 Å². The number of carbonyl (C=O) groups excluding carboxylic acids is 2. The third kappa shape index (κ3) is 3.19. The molecule has 1 unspecified atom stereocenters. The monoisotopic (exact) mass is 358 g/mol. The van der Waals surface area contributed by atoms with Crippen LogP contribution in [0, 0.1) is 23.2 Å². The average molecular weight is 358 g/mol. The van der Waals surface area contributed by atoms with Crippen LogP contribution in [0.2, 0.25) is 0 Å². The number of fused-ring (bicyclic) bond motifs is 1. The maximum absolute atomic E-state index is 12.4. The highest BCUT2D eigenvalue weighted by atomic mass is 16.7. The van der Waals surface area contributed by atoms with Gasteiger partial charge in [-0.15, -0.1) is 0 Å². The van der Waals surface area contributed by atoms with Gasteiger partial charge in [-0.2, -0.15) is 0 Å². The molecule has 3 aliphatic rings. The lowest BCUT2D eigenvalue weighted by atomic mass is 9.91. The number of carbonyl (C=O) groups is 2. The summed E-state index contributed by atoms with van der Waals surface area (Å²) in [4.78, 5) is 24.1. The van der Waals surface area contributed by atoms with E-state index in [0.29, 0.717) is 37.5 Å². The second-order valence-corrected chi connectivity index (χ2v) is 8.74. The van der Waals surface area contributed by atoms with Crippen LogP contribution in [0.15, 0.2) is 30.3 Å². The predicted octanol–water partition coefficient (Wildman–Crippen LogP) is 3.23. The normalized spacial score (nSPS) is 34.4. The Morgan fingerprint density at radius 3 is 2.50 bits per heavy atom. The molecule has 5 heteroatoms. The fraction of sp³-hybridized carbons (Fsp3) is 0.619. The molecule has 4 rings (SSSR count). The van der Waals surface area contributed by atoms with Crippen molar-refractivity contribution in [2.24, 2.45) is 23.2 Å². The molecule has 5 nitrogen and oxygen atoms in total. The number of hydrogen-bond acceptors (Lipinski definition) is 5. The van der Waals surface area contributed by atoms with Gasteiger partial charge in [-0.1, -0.05) is 32.0 Å². The smallest absolute Gasteiger partial charge is 0.338 e. The summed E-state index contributed by atoms with van der Waals surface area (Å²) in [5.74, 6) is -0.749. The molecule has 1 spiro atoms. The molecule has 1 saturated heterocycles. The fourth-order valence-electron chi connectivity index (χ4n) is 4.67. The van der Waals surface area contributed by atoms with E-state index >= 15 is 0 Å². The molecule has 1 aliphatic heterocycles. The quantitative estimate of drug-likeness (QED) is 0.613. The number of benzene rings is 1. The van der Waals surface area contributed by atoms with Crippen molar-refractivity contribution in [1.82, 2.24) is 0 Å². The molecule has 2 aliphatic carbocycles. The van der Waals surface area contributed by atoms with E-state index in [2.05, 4.69) is 13.8 Å². The molecule has 0 aromatic heterocycles. The largest absolute Gasteiger partial charge is 0.458 e. The van der Waals surface area contributed by atoms with Crippen LogP contribution < -0.4 is 0 Å². The number of esters is 1. The Kier molecular flexibility index (Phi) is 4.40. The maximum atomic E-state index is 12.4. The Hall–Kier alpha value is -1.72. The zero-order valence-electron chi connectivity index (χ0n) is 15.4. The Morgan fingerprint density at radius 1 is 1.15 bits per heavy atom. The van der Waals surface area contributed by atoms with Crippen molar-refractivity contribution < 1.29 is 23.8 Å². The van der Waals surface area contributed by atoms with E-state index in [4.69, 9.17) is 14.2 Å². The minimum atomic E-state index is -0.555. The van der Waals surface area contributed by atoms with Gasteiger partial charge in [0.15, 0.2) is 5.79 Å². The summed E-state index contributed by atoms with van der Waals surface area (Å²) in [5, 5.41) is 0. The molecule has 1 aromatic rings. The Bertz CT molecular complexity index is 673. The maximum Gasteiger partial charge on any atom is 0.338 e. The molecule has 3 fully saturated rings. The second-order valence-electron chi connectivity index (χ2n) is 8.74. The lowest BCUT2D eigenvalue weighted by Gasteiger charge is -2.42. The first-order valence-corrected chi connectivity index (χ1v) is 9.41. The van der Waals surface area contributed by atoms with Crippen molar-refractivity contribution in [3.63, 3.8) is 0 Å². The van der Waals surface area contributed by atoms with Gasteiger partial charge in [0.25, 0.3) is 0 Å². The van der Waals surface area contributed by atoms with Gasteiger partial charge in [0.2, 0.25) is 0 Å². The molecule has 4 atom stereocenters. The van der Waals surface area contributed by atoms with Crippen LogP contribution >= 0.6 is 0 Å². The van der Waals surface area contributed by atoms with Crippen LogP contribution in [-0.4, -0.2) is 37.4 Å². The highest BCUT2D eigenvalue weighted by molar-refractivity contribution is 5.89. The summed E-state index contributed by atoms with van der Waals surface area (Å²) in [5.41, 5.74) is 0.549. The van der Waals surface area contributed by atoms with Crippen LogP contribution in [0.3, 0.4) is 0 Å². The lowest BCUT2D eigenvalue weighted by molar-refractivity contribution is -0.298. The topological polar surface area (TPSA) is 61.8 Å². The zero-order chi connectivity index (χ0) is 18.4. The van der Waals surface area contributed by atoms with Crippen molar-refractivity contribution in [2.45, 2.75) is 45.0 Å². The fourth-order valence-corrected chi connectivity index (χ4v) is 4.67. The minimum Gasteiger partial charge on any atom is -0.458 e. The van der Waals surface area contributed by atoms with Crippen LogP contribution in [-0.2, 0) is 19.0 Å². The van der Waals surface area contributed by atoms with Crippen LogP contribution in [0.1, 0.15) is 43.5 Å². The SMILES string of the molecule is CC1(C)COC2(CC3C[C@@H](OC(=O)c4ccccc4)[C@H](C=O)[C@H]3C2)OC1. The van der Waals surface area contributed by atoms with Crippen molar-refractivity contribution >= 4 is 12.3 Å². The molecular formula is C21H26O5. The zero-order valence-corrected chi connectivity index (χ0v) is 15.4. The standard InChI is InChI=1S/C21H26O5/c1-20(2)12-24-21(25-13-20)9-15-8-18(17(11-22)16(15)10-21)26-19(23)14-6-4-3-5-7-14/h3-7,11,15-18H,8-10,12-13H2,1-2H3/t15?,16-,17+,18+/m0/s1. The predicted molar refractivity (Wildman–Crippen MR) is 94.4 cm³/mol. The van der Waals surface area contributed by atoms with E-state index in [-0.39, 0.29) is 29.3 Å². The van der Waals surface area contributed by atoms with Gasteiger partial charge in [0, 0.05) is 18.3 Å². The number of ether oxygens (including phenoxy) is 3. The Labute approximate surface area is 154 Å². The number of rotatable bonds is 3. The number of hydrogen-bond donors (Lipinski definition) is 0. The molecule has 26 heavy (non-hydrogen) atoms. The third-order valence-corrected chi connectivity index (χ3v) is 6.06. The van der Waals surface area contributed by atoms with E-state index in [9.17, 15) is 9.59 Å².